The first-order valence-corrected chi connectivity index (χ1v) is 7.37. The van der Waals surface area contributed by atoms with Crippen molar-refractivity contribution in [3.05, 3.63) is 63.5 Å². The van der Waals surface area contributed by atoms with Crippen molar-refractivity contribution in [3.8, 4) is 6.07 Å². The highest BCUT2D eigenvalue weighted by Gasteiger charge is 2.34. The van der Waals surface area contributed by atoms with Gasteiger partial charge in [-0.05, 0) is 24.4 Å². The Morgan fingerprint density at radius 1 is 1.33 bits per heavy atom. The number of halogens is 3. The van der Waals surface area contributed by atoms with Crippen LogP contribution in [0.15, 0.2) is 36.5 Å². The number of hydrogen-bond donors (Lipinski definition) is 2. The van der Waals surface area contributed by atoms with E-state index in [9.17, 15) is 28.1 Å². The topological polar surface area (TPSA) is 121 Å². The van der Waals surface area contributed by atoms with E-state index >= 15 is 0 Å². The highest BCUT2D eigenvalue weighted by molar-refractivity contribution is 7.80. The molecule has 0 bridgehead atoms. The second-order valence-corrected chi connectivity index (χ2v) is 5.35. The van der Waals surface area contributed by atoms with E-state index in [1.54, 1.807) is 0 Å². The van der Waals surface area contributed by atoms with Gasteiger partial charge in [0.1, 0.15) is 6.07 Å². The Labute approximate surface area is 154 Å². The molecule has 0 aliphatic carbocycles. The molecule has 8 nitrogen and oxygen atoms in total. The van der Waals surface area contributed by atoms with Gasteiger partial charge in [0.2, 0.25) is 0 Å². The highest BCUT2D eigenvalue weighted by atomic mass is 32.1. The minimum atomic E-state index is -4.80. The van der Waals surface area contributed by atoms with Gasteiger partial charge in [0.25, 0.3) is 11.6 Å². The number of carbonyl (C=O) groups is 1. The number of aromatic nitrogens is 1. The van der Waals surface area contributed by atoms with Gasteiger partial charge in [-0.2, -0.15) is 18.4 Å². The summed E-state index contributed by atoms with van der Waals surface area (Å²) < 4.78 is 38.7. The Morgan fingerprint density at radius 2 is 2.04 bits per heavy atom. The van der Waals surface area contributed by atoms with Crippen LogP contribution in [0, 0.1) is 21.4 Å². The molecular weight excluding hydrogens is 387 g/mol. The number of nitrogens with zero attached hydrogens (tertiary/aromatic N) is 3. The number of amides is 1. The number of non-ortho nitro benzene ring substituents is 1. The fourth-order valence-corrected chi connectivity index (χ4v) is 2.15. The predicted molar refractivity (Wildman–Crippen MR) is 90.7 cm³/mol. The second-order valence-electron chi connectivity index (χ2n) is 4.95. The Balaban J connectivity index is 2.14. The summed E-state index contributed by atoms with van der Waals surface area (Å²) in [6.07, 6.45) is -3.86. The smallest absolute Gasteiger partial charge is 0.331 e. The van der Waals surface area contributed by atoms with E-state index in [-0.39, 0.29) is 22.1 Å². The lowest BCUT2D eigenvalue weighted by molar-refractivity contribution is -0.384. The fraction of sp³-hybridized carbons (Fsp3) is 0.0667. The van der Waals surface area contributed by atoms with Gasteiger partial charge in [0, 0.05) is 17.7 Å². The Bertz CT molecular complexity index is 972. The van der Waals surface area contributed by atoms with Crippen molar-refractivity contribution in [2.75, 3.05) is 5.32 Å². The average Bonchev–Trinajstić information content (AvgIpc) is 2.60. The van der Waals surface area contributed by atoms with Gasteiger partial charge in [-0.1, -0.05) is 6.07 Å². The summed E-state index contributed by atoms with van der Waals surface area (Å²) in [5, 5.41) is 23.6. The molecule has 12 heteroatoms. The zero-order valence-corrected chi connectivity index (χ0v) is 13.9. The van der Waals surface area contributed by atoms with E-state index in [1.165, 1.54) is 24.3 Å². The minimum absolute atomic E-state index is 0.0673. The number of thiocarbonyl (C=S) groups is 1. The first kappa shape index (κ1) is 19.7. The van der Waals surface area contributed by atoms with Gasteiger partial charge in [0.05, 0.1) is 22.4 Å². The first-order valence-electron chi connectivity index (χ1n) is 6.96. The number of hydrogen-bond acceptors (Lipinski definition) is 6. The van der Waals surface area contributed by atoms with Crippen LogP contribution in [0.1, 0.15) is 21.6 Å². The third-order valence-electron chi connectivity index (χ3n) is 3.10. The molecule has 1 amide bonds. The largest absolute Gasteiger partial charge is 0.419 e. The molecule has 1 aromatic carbocycles. The van der Waals surface area contributed by atoms with Crippen molar-refractivity contribution in [2.45, 2.75) is 6.18 Å². The normalized spacial score (nSPS) is 10.6. The summed E-state index contributed by atoms with van der Waals surface area (Å²) in [4.78, 5) is 25.5. The average molecular weight is 395 g/mol. The number of anilines is 1. The molecule has 138 valence electrons. The van der Waals surface area contributed by atoms with Crippen LogP contribution in [0.25, 0.3) is 0 Å². The van der Waals surface area contributed by atoms with Crippen LogP contribution in [0.2, 0.25) is 0 Å². The van der Waals surface area contributed by atoms with E-state index in [0.29, 0.717) is 6.07 Å². The Hall–Kier alpha value is -3.59. The summed E-state index contributed by atoms with van der Waals surface area (Å²) in [5.41, 5.74) is -2.65. The third kappa shape index (κ3) is 4.95. The summed E-state index contributed by atoms with van der Waals surface area (Å²) in [6, 6.07) is 6.76. The number of nitro benzene ring substituents is 1. The lowest BCUT2D eigenvalue weighted by Gasteiger charge is -2.12. The fourth-order valence-electron chi connectivity index (χ4n) is 1.94. The van der Waals surface area contributed by atoms with Crippen molar-refractivity contribution in [1.82, 2.24) is 10.3 Å². The number of rotatable bonds is 3. The number of nitrogens with one attached hydrogen (secondary N) is 2. The molecule has 0 saturated heterocycles. The summed E-state index contributed by atoms with van der Waals surface area (Å²) >= 11 is 4.84. The molecule has 0 unspecified atom stereocenters. The highest BCUT2D eigenvalue weighted by Crippen LogP contribution is 2.32. The molecule has 0 aliphatic rings. The molecule has 2 aromatic rings. The zero-order chi connectivity index (χ0) is 20.2. The predicted octanol–water partition coefficient (Wildman–Crippen LogP) is 3.01. The minimum Gasteiger partial charge on any atom is -0.331 e. The van der Waals surface area contributed by atoms with Gasteiger partial charge in [-0.25, -0.2) is 4.98 Å². The summed E-state index contributed by atoms with van der Waals surface area (Å²) in [5.74, 6) is -0.797. The van der Waals surface area contributed by atoms with Gasteiger partial charge in [-0.3, -0.25) is 20.2 Å². The molecule has 27 heavy (non-hydrogen) atoms. The number of alkyl halides is 3. The number of nitro groups is 1. The maximum absolute atomic E-state index is 12.9. The van der Waals surface area contributed by atoms with Crippen LogP contribution >= 0.6 is 12.2 Å². The van der Waals surface area contributed by atoms with Crippen molar-refractivity contribution < 1.29 is 22.9 Å². The molecule has 0 atom stereocenters. The number of carbonyl (C=O) groups excluding carboxylic acids is 1. The van der Waals surface area contributed by atoms with Gasteiger partial charge < -0.3 is 5.32 Å². The molecular formula is C15H8F3N5O3S. The Kier molecular flexibility index (Phi) is 5.66. The molecule has 0 fully saturated rings. The molecule has 0 saturated carbocycles. The van der Waals surface area contributed by atoms with Crippen LogP contribution in [0.4, 0.5) is 24.5 Å². The number of benzene rings is 1. The molecule has 0 aliphatic heterocycles. The lowest BCUT2D eigenvalue weighted by atomic mass is 10.2. The monoisotopic (exact) mass is 395 g/mol. The van der Waals surface area contributed by atoms with Gasteiger partial charge in [-0.15, -0.1) is 0 Å². The summed E-state index contributed by atoms with van der Waals surface area (Å²) in [7, 11) is 0. The van der Waals surface area contributed by atoms with Crippen LogP contribution in [-0.4, -0.2) is 20.9 Å². The lowest BCUT2D eigenvalue weighted by Crippen LogP contribution is -2.34. The summed E-state index contributed by atoms with van der Waals surface area (Å²) in [6.45, 7) is 0. The molecule has 2 N–H and O–H groups in total. The quantitative estimate of drug-likeness (QED) is 0.465. The van der Waals surface area contributed by atoms with Gasteiger partial charge in [0.15, 0.2) is 10.8 Å². The molecule has 1 heterocycles. The maximum atomic E-state index is 12.9. The third-order valence-corrected chi connectivity index (χ3v) is 3.31. The van der Waals surface area contributed by atoms with Crippen molar-refractivity contribution >= 4 is 34.6 Å². The zero-order valence-electron chi connectivity index (χ0n) is 13.1. The van der Waals surface area contributed by atoms with Gasteiger partial charge >= 0.3 is 6.18 Å². The first-order chi connectivity index (χ1) is 12.6. The molecule has 0 spiro atoms. The standard InChI is InChI=1S/C15H8F3N5O3S/c16-15(17,18)11-5-9(7-20-12(11)6-19)21-14(27)22-13(24)8-2-1-3-10(4-8)23(25)26/h1-5,7H,(H2,21,22,24,27). The molecule has 2 rings (SSSR count). The number of pyridine rings is 1. The van der Waals surface area contributed by atoms with Crippen LogP contribution in [0.3, 0.4) is 0 Å². The molecule has 0 radical (unpaired) electrons. The van der Waals surface area contributed by atoms with E-state index in [4.69, 9.17) is 17.5 Å². The SMILES string of the molecule is N#Cc1ncc(NC(=S)NC(=O)c2cccc([N+](=O)[O-])c2)cc1C(F)(F)F. The Morgan fingerprint density at radius 3 is 2.63 bits per heavy atom. The number of nitriles is 1. The van der Waals surface area contributed by atoms with E-state index in [1.807, 2.05) is 0 Å². The van der Waals surface area contributed by atoms with Crippen molar-refractivity contribution in [3.63, 3.8) is 0 Å². The van der Waals surface area contributed by atoms with Crippen LogP contribution < -0.4 is 10.6 Å². The van der Waals surface area contributed by atoms with Crippen molar-refractivity contribution in [1.29, 1.82) is 5.26 Å². The molecule has 1 aromatic heterocycles. The van der Waals surface area contributed by atoms with Crippen LogP contribution in [-0.2, 0) is 6.18 Å². The maximum Gasteiger partial charge on any atom is 0.419 e. The van der Waals surface area contributed by atoms with Crippen LogP contribution in [0.5, 0.6) is 0 Å². The second kappa shape index (κ2) is 7.75. The van der Waals surface area contributed by atoms with Crippen molar-refractivity contribution in [2.24, 2.45) is 0 Å². The van der Waals surface area contributed by atoms with E-state index in [2.05, 4.69) is 15.6 Å². The van der Waals surface area contributed by atoms with E-state index < -0.39 is 28.3 Å². The van der Waals surface area contributed by atoms with E-state index in [0.717, 1.165) is 12.3 Å².